The van der Waals surface area contributed by atoms with Gasteiger partial charge in [0, 0.05) is 11.8 Å². The first-order chi connectivity index (χ1) is 13.8. The van der Waals surface area contributed by atoms with Gasteiger partial charge in [0.1, 0.15) is 5.75 Å². The second-order valence-corrected chi connectivity index (χ2v) is 8.13. The number of likely N-dealkylation sites (tertiary alicyclic amines) is 1. The zero-order valence-electron chi connectivity index (χ0n) is 16.4. The lowest BCUT2D eigenvalue weighted by Gasteiger charge is -2.44. The molecule has 3 fully saturated rings. The van der Waals surface area contributed by atoms with E-state index in [1.807, 2.05) is 6.92 Å². The van der Waals surface area contributed by atoms with Crippen LogP contribution in [0.3, 0.4) is 0 Å². The first-order valence-corrected chi connectivity index (χ1v) is 9.96. The van der Waals surface area contributed by atoms with Crippen LogP contribution in [-0.4, -0.2) is 45.9 Å². The molecule has 2 N–H and O–H groups in total. The summed E-state index contributed by atoms with van der Waals surface area (Å²) in [5.41, 5.74) is 0.696. The molecule has 4 rings (SSSR count). The van der Waals surface area contributed by atoms with Gasteiger partial charge >= 0.3 is 6.09 Å². The second kappa shape index (κ2) is 7.11. The van der Waals surface area contributed by atoms with Crippen LogP contribution in [0.2, 0.25) is 0 Å². The number of hydrogen-bond donors (Lipinski definition) is 2. The molecule has 0 spiro atoms. The third-order valence-corrected chi connectivity index (χ3v) is 6.60. The minimum absolute atomic E-state index is 0.0833. The van der Waals surface area contributed by atoms with Crippen LogP contribution in [0.15, 0.2) is 24.3 Å². The minimum atomic E-state index is -1.57. The number of nitrogens with zero attached hydrogens (tertiary/aromatic N) is 1. The van der Waals surface area contributed by atoms with E-state index in [-0.39, 0.29) is 18.1 Å². The molecular weight excluding hydrogens is 378 g/mol. The number of carbonyl (C=O) groups excluding carboxylic acids is 3. The normalized spacial score (nSPS) is 36.1. The summed E-state index contributed by atoms with van der Waals surface area (Å²) in [5.74, 6) is -5.15. The summed E-state index contributed by atoms with van der Waals surface area (Å²) in [5, 5.41) is 21.4. The Morgan fingerprint density at radius 2 is 2.07 bits per heavy atom. The molecule has 8 heteroatoms. The molecule has 0 radical (unpaired) electrons. The molecule has 156 valence electrons. The fourth-order valence-corrected chi connectivity index (χ4v) is 5.36. The molecule has 0 bridgehead atoms. The van der Waals surface area contributed by atoms with Gasteiger partial charge in [-0.25, -0.2) is 4.79 Å². The van der Waals surface area contributed by atoms with E-state index in [1.165, 1.54) is 0 Å². The van der Waals surface area contributed by atoms with Gasteiger partial charge in [-0.3, -0.25) is 9.59 Å². The molecule has 1 aromatic rings. The Morgan fingerprint density at radius 3 is 2.72 bits per heavy atom. The van der Waals surface area contributed by atoms with Crippen molar-refractivity contribution >= 4 is 17.9 Å². The average Bonchev–Trinajstić information content (AvgIpc) is 3.17. The summed E-state index contributed by atoms with van der Waals surface area (Å²) in [6.07, 6.45) is 0.479. The number of phenols is 1. The van der Waals surface area contributed by atoms with E-state index < -0.39 is 47.6 Å². The molecule has 3 aliphatic rings. The highest BCUT2D eigenvalue weighted by molar-refractivity contribution is 6.15. The van der Waals surface area contributed by atoms with Crippen LogP contribution in [0.25, 0.3) is 0 Å². The molecule has 0 unspecified atom stereocenters. The van der Waals surface area contributed by atoms with E-state index >= 15 is 0 Å². The van der Waals surface area contributed by atoms with Crippen molar-refractivity contribution in [3.8, 4) is 5.75 Å². The van der Waals surface area contributed by atoms with Crippen LogP contribution in [0.4, 0.5) is 4.79 Å². The van der Waals surface area contributed by atoms with Crippen molar-refractivity contribution in [2.24, 2.45) is 23.7 Å². The molecule has 1 aromatic carbocycles. The van der Waals surface area contributed by atoms with Crippen molar-refractivity contribution in [3.63, 3.8) is 0 Å². The van der Waals surface area contributed by atoms with Gasteiger partial charge in [0.25, 0.3) is 0 Å². The van der Waals surface area contributed by atoms with Crippen molar-refractivity contribution in [2.45, 2.75) is 44.5 Å². The molecule has 6 atom stereocenters. The summed E-state index contributed by atoms with van der Waals surface area (Å²) >= 11 is 0. The molecule has 2 aliphatic heterocycles. The number of imide groups is 3. The number of benzene rings is 1. The van der Waals surface area contributed by atoms with Gasteiger partial charge in [-0.2, -0.15) is 4.90 Å². The molecule has 0 aromatic heterocycles. The van der Waals surface area contributed by atoms with E-state index in [4.69, 9.17) is 4.74 Å². The first-order valence-electron chi connectivity index (χ1n) is 9.96. The number of phenolic OH excluding ortho intramolecular Hbond substituents is 1. The fourth-order valence-electron chi connectivity index (χ4n) is 5.36. The molecule has 2 saturated heterocycles. The Kier molecular flexibility index (Phi) is 4.86. The fraction of sp³-hybridized carbons (Fsp3) is 0.571. The van der Waals surface area contributed by atoms with Gasteiger partial charge in [0.15, 0.2) is 5.79 Å². The van der Waals surface area contributed by atoms with Crippen molar-refractivity contribution in [2.75, 3.05) is 7.11 Å². The third-order valence-electron chi connectivity index (χ3n) is 6.60. The van der Waals surface area contributed by atoms with Crippen LogP contribution in [0.1, 0.15) is 44.3 Å². The number of rotatable bonds is 3. The van der Waals surface area contributed by atoms with Gasteiger partial charge in [0.2, 0.25) is 11.8 Å². The quantitative estimate of drug-likeness (QED) is 0.745. The third kappa shape index (κ3) is 2.93. The highest BCUT2D eigenvalue weighted by Gasteiger charge is 2.67. The van der Waals surface area contributed by atoms with Crippen LogP contribution in [0, 0.1) is 23.7 Å². The highest BCUT2D eigenvalue weighted by atomic mass is 16.6. The Bertz CT molecular complexity index is 855. The van der Waals surface area contributed by atoms with E-state index in [0.29, 0.717) is 23.3 Å². The lowest BCUT2D eigenvalue weighted by Crippen LogP contribution is -2.53. The number of hydrogen-bond acceptors (Lipinski definition) is 7. The van der Waals surface area contributed by atoms with Crippen LogP contribution < -0.4 is 0 Å². The van der Waals surface area contributed by atoms with Gasteiger partial charge in [-0.15, -0.1) is 0 Å². The molecule has 1 saturated carbocycles. The Labute approximate surface area is 168 Å². The highest BCUT2D eigenvalue weighted by Crippen LogP contribution is 2.59. The van der Waals surface area contributed by atoms with Gasteiger partial charge in [-0.05, 0) is 37.0 Å². The second-order valence-electron chi connectivity index (χ2n) is 8.13. The summed E-state index contributed by atoms with van der Waals surface area (Å²) in [6.45, 7) is 1.98. The topological polar surface area (TPSA) is 113 Å². The standard InChI is InChI=1S/C21H25NO7/c1-3-5-12-9-14-17(19(25)22(18(14)24)20(26)28-2)15-10-16(29-21(12,15)27)11-6-4-7-13(23)8-11/h4,6-8,12,14-17,23,27H,3,5,9-10H2,1-2H3/t12-,14-,15-,16-,17-,21+/m0/s1. The zero-order chi connectivity index (χ0) is 20.9. The van der Waals surface area contributed by atoms with Gasteiger partial charge in [0.05, 0.1) is 25.0 Å². The van der Waals surface area contributed by atoms with Crippen molar-refractivity contribution in [1.29, 1.82) is 0 Å². The van der Waals surface area contributed by atoms with Crippen molar-refractivity contribution in [3.05, 3.63) is 29.8 Å². The molecular formula is C21H25NO7. The molecule has 3 amide bonds. The number of ether oxygens (including phenoxy) is 2. The zero-order valence-corrected chi connectivity index (χ0v) is 16.4. The van der Waals surface area contributed by atoms with Crippen LogP contribution in [0.5, 0.6) is 5.75 Å². The van der Waals surface area contributed by atoms with Crippen molar-refractivity contribution in [1.82, 2.24) is 4.90 Å². The first kappa shape index (κ1) is 19.8. The maximum Gasteiger partial charge on any atom is 0.423 e. The Hall–Kier alpha value is -2.45. The molecule has 29 heavy (non-hydrogen) atoms. The van der Waals surface area contributed by atoms with E-state index in [9.17, 15) is 24.6 Å². The largest absolute Gasteiger partial charge is 0.508 e. The molecule has 2 heterocycles. The number of aliphatic hydroxyl groups is 1. The maximum atomic E-state index is 13.0. The summed E-state index contributed by atoms with van der Waals surface area (Å²) in [4.78, 5) is 38.4. The Morgan fingerprint density at radius 1 is 1.31 bits per heavy atom. The Balaban J connectivity index is 1.72. The van der Waals surface area contributed by atoms with E-state index in [2.05, 4.69) is 4.74 Å². The monoisotopic (exact) mass is 403 g/mol. The SMILES string of the molecule is CCC[C@H]1C[C@@H]2C(=O)N(C(=O)OC)C(=O)[C@@H]2[C@@H]2C[C@@H](c3cccc(O)c3)O[C@]12O. The van der Waals surface area contributed by atoms with Crippen LogP contribution >= 0.6 is 0 Å². The number of amides is 3. The number of carbonyl (C=O) groups is 3. The predicted molar refractivity (Wildman–Crippen MR) is 99.2 cm³/mol. The molecule has 1 aliphatic carbocycles. The lowest BCUT2D eigenvalue weighted by molar-refractivity contribution is -0.270. The minimum Gasteiger partial charge on any atom is -0.508 e. The molecule has 8 nitrogen and oxygen atoms in total. The number of aromatic hydroxyl groups is 1. The van der Waals surface area contributed by atoms with Gasteiger partial charge in [-0.1, -0.05) is 25.5 Å². The van der Waals surface area contributed by atoms with Gasteiger partial charge < -0.3 is 19.7 Å². The van der Waals surface area contributed by atoms with Crippen LogP contribution in [-0.2, 0) is 19.1 Å². The van der Waals surface area contributed by atoms with Crippen molar-refractivity contribution < 1.29 is 34.1 Å². The number of fused-ring (bicyclic) bond motifs is 3. The summed E-state index contributed by atoms with van der Waals surface area (Å²) in [6, 6.07) is 6.60. The van der Waals surface area contributed by atoms with E-state index in [0.717, 1.165) is 13.5 Å². The lowest BCUT2D eigenvalue weighted by atomic mass is 9.63. The average molecular weight is 403 g/mol. The predicted octanol–water partition coefficient (Wildman–Crippen LogP) is 2.35. The summed E-state index contributed by atoms with van der Waals surface area (Å²) in [7, 11) is 1.12. The van der Waals surface area contributed by atoms with E-state index in [1.54, 1.807) is 24.3 Å². The maximum absolute atomic E-state index is 13.0. The smallest absolute Gasteiger partial charge is 0.423 e. The number of methoxy groups -OCH3 is 1. The summed E-state index contributed by atoms with van der Waals surface area (Å²) < 4.78 is 10.7.